The van der Waals surface area contributed by atoms with Gasteiger partial charge in [0.15, 0.2) is 23.1 Å². The zero-order valence-corrected chi connectivity index (χ0v) is 22.0. The first-order chi connectivity index (χ1) is 19.1. The SMILES string of the molecule is CCOc1cc(C2C3=C(CCCC3=O)Nc3nc(-c4ccc(OC)cc4)nn32)ccc1OCc1ccccc1. The fourth-order valence-corrected chi connectivity index (χ4v) is 5.14. The monoisotopic (exact) mass is 522 g/mol. The number of rotatable bonds is 8. The molecule has 4 aromatic rings. The molecule has 8 nitrogen and oxygen atoms in total. The van der Waals surface area contributed by atoms with Crippen molar-refractivity contribution in [2.75, 3.05) is 19.0 Å². The van der Waals surface area contributed by atoms with E-state index < -0.39 is 6.04 Å². The molecule has 0 fully saturated rings. The molecule has 0 radical (unpaired) electrons. The average Bonchev–Trinajstić information content (AvgIpc) is 3.40. The largest absolute Gasteiger partial charge is 0.497 e. The third kappa shape index (κ3) is 4.85. The molecule has 1 aliphatic carbocycles. The normalized spacial score (nSPS) is 16.3. The summed E-state index contributed by atoms with van der Waals surface area (Å²) in [6.45, 7) is 2.86. The molecule has 1 atom stereocenters. The molecule has 6 rings (SSSR count). The second kappa shape index (κ2) is 10.6. The highest BCUT2D eigenvalue weighted by Gasteiger charge is 2.37. The van der Waals surface area contributed by atoms with Crippen LogP contribution in [0.3, 0.4) is 0 Å². The lowest BCUT2D eigenvalue weighted by atomic mass is 9.85. The van der Waals surface area contributed by atoms with E-state index in [4.69, 9.17) is 24.3 Å². The Morgan fingerprint density at radius 1 is 0.974 bits per heavy atom. The van der Waals surface area contributed by atoms with E-state index in [0.29, 0.717) is 42.9 Å². The summed E-state index contributed by atoms with van der Waals surface area (Å²) in [5.74, 6) is 3.36. The van der Waals surface area contributed by atoms with E-state index in [2.05, 4.69) is 5.32 Å². The van der Waals surface area contributed by atoms with E-state index in [-0.39, 0.29) is 5.78 Å². The minimum Gasteiger partial charge on any atom is -0.497 e. The molecule has 1 aromatic heterocycles. The van der Waals surface area contributed by atoms with E-state index in [1.807, 2.05) is 84.4 Å². The van der Waals surface area contributed by atoms with Crippen LogP contribution in [0.2, 0.25) is 0 Å². The van der Waals surface area contributed by atoms with Crippen molar-refractivity contribution in [3.05, 3.63) is 95.2 Å². The molecule has 1 N–H and O–H groups in total. The summed E-state index contributed by atoms with van der Waals surface area (Å²) in [5.41, 5.74) is 4.48. The third-order valence-corrected chi connectivity index (χ3v) is 7.04. The number of ether oxygens (including phenoxy) is 3. The number of anilines is 1. The predicted molar refractivity (Wildman–Crippen MR) is 148 cm³/mol. The highest BCUT2D eigenvalue weighted by molar-refractivity contribution is 5.99. The molecule has 0 saturated heterocycles. The smallest absolute Gasteiger partial charge is 0.226 e. The fourth-order valence-electron chi connectivity index (χ4n) is 5.14. The molecular formula is C31H30N4O4. The summed E-state index contributed by atoms with van der Waals surface area (Å²) in [5, 5.41) is 8.28. The first kappa shape index (κ1) is 24.7. The number of carbonyl (C=O) groups is 1. The summed E-state index contributed by atoms with van der Waals surface area (Å²) in [7, 11) is 1.64. The zero-order chi connectivity index (χ0) is 26.8. The molecule has 39 heavy (non-hydrogen) atoms. The highest BCUT2D eigenvalue weighted by Crippen LogP contribution is 2.43. The van der Waals surface area contributed by atoms with Crippen LogP contribution in [0.4, 0.5) is 5.95 Å². The number of Topliss-reactive ketones (excluding diaryl/α,β-unsaturated/α-hetero) is 1. The molecule has 198 valence electrons. The number of hydrogen-bond acceptors (Lipinski definition) is 7. The summed E-state index contributed by atoms with van der Waals surface area (Å²) in [6.07, 6.45) is 2.12. The van der Waals surface area contributed by atoms with Gasteiger partial charge < -0.3 is 19.5 Å². The van der Waals surface area contributed by atoms with Crippen LogP contribution in [0, 0.1) is 0 Å². The minimum absolute atomic E-state index is 0.128. The number of nitrogens with one attached hydrogen (secondary N) is 1. The van der Waals surface area contributed by atoms with Crippen molar-refractivity contribution in [2.24, 2.45) is 0 Å². The van der Waals surface area contributed by atoms with Gasteiger partial charge in [-0.25, -0.2) is 4.68 Å². The topological polar surface area (TPSA) is 87.5 Å². The second-order valence-corrected chi connectivity index (χ2v) is 9.54. The van der Waals surface area contributed by atoms with E-state index in [1.54, 1.807) is 7.11 Å². The van der Waals surface area contributed by atoms with Crippen molar-refractivity contribution in [3.63, 3.8) is 0 Å². The van der Waals surface area contributed by atoms with Gasteiger partial charge in [0.2, 0.25) is 5.95 Å². The first-order valence-electron chi connectivity index (χ1n) is 13.2. The van der Waals surface area contributed by atoms with Gasteiger partial charge in [-0.3, -0.25) is 4.79 Å². The van der Waals surface area contributed by atoms with Gasteiger partial charge >= 0.3 is 0 Å². The Kier molecular flexibility index (Phi) is 6.75. The van der Waals surface area contributed by atoms with Crippen LogP contribution in [0.15, 0.2) is 84.1 Å². The Morgan fingerprint density at radius 3 is 2.56 bits per heavy atom. The van der Waals surface area contributed by atoms with E-state index >= 15 is 0 Å². The zero-order valence-electron chi connectivity index (χ0n) is 22.0. The third-order valence-electron chi connectivity index (χ3n) is 7.04. The molecule has 8 heteroatoms. The number of allylic oxidation sites excluding steroid dienone is 2. The van der Waals surface area contributed by atoms with Crippen LogP contribution in [0.1, 0.15) is 43.4 Å². The summed E-state index contributed by atoms with van der Waals surface area (Å²) in [6, 6.07) is 23.1. The van der Waals surface area contributed by atoms with Crippen LogP contribution < -0.4 is 19.5 Å². The number of nitrogens with zero attached hydrogens (tertiary/aromatic N) is 3. The predicted octanol–water partition coefficient (Wildman–Crippen LogP) is 5.95. The molecule has 2 heterocycles. The van der Waals surface area contributed by atoms with Crippen LogP contribution in [-0.2, 0) is 11.4 Å². The van der Waals surface area contributed by atoms with Gasteiger partial charge in [0.25, 0.3) is 0 Å². The quantitative estimate of drug-likeness (QED) is 0.306. The van der Waals surface area contributed by atoms with Crippen molar-refractivity contribution in [1.29, 1.82) is 0 Å². The van der Waals surface area contributed by atoms with Gasteiger partial charge in [-0.2, -0.15) is 4.98 Å². The summed E-state index contributed by atoms with van der Waals surface area (Å²) >= 11 is 0. The van der Waals surface area contributed by atoms with Crippen molar-refractivity contribution in [3.8, 4) is 28.6 Å². The number of benzene rings is 3. The highest BCUT2D eigenvalue weighted by atomic mass is 16.5. The minimum atomic E-state index is -0.425. The number of ketones is 1. The molecular weight excluding hydrogens is 492 g/mol. The molecule has 3 aromatic carbocycles. The van der Waals surface area contributed by atoms with E-state index in [9.17, 15) is 4.79 Å². The maximum Gasteiger partial charge on any atom is 0.226 e. The Morgan fingerprint density at radius 2 is 1.79 bits per heavy atom. The summed E-state index contributed by atoms with van der Waals surface area (Å²) in [4.78, 5) is 18.1. The number of carbonyl (C=O) groups excluding carboxylic acids is 1. The first-order valence-corrected chi connectivity index (χ1v) is 13.2. The fraction of sp³-hybridized carbons (Fsp3) is 0.258. The van der Waals surface area contributed by atoms with E-state index in [0.717, 1.165) is 46.6 Å². The molecule has 0 spiro atoms. The molecule has 0 saturated carbocycles. The number of fused-ring (bicyclic) bond motifs is 1. The van der Waals surface area contributed by atoms with Crippen LogP contribution >= 0.6 is 0 Å². The van der Waals surface area contributed by atoms with Crippen molar-refractivity contribution >= 4 is 11.7 Å². The number of aromatic nitrogens is 3. The van der Waals surface area contributed by atoms with Crippen molar-refractivity contribution in [1.82, 2.24) is 14.8 Å². The number of methoxy groups -OCH3 is 1. The van der Waals surface area contributed by atoms with Crippen molar-refractivity contribution < 1.29 is 19.0 Å². The van der Waals surface area contributed by atoms with Gasteiger partial charge in [-0.15, -0.1) is 5.10 Å². The second-order valence-electron chi connectivity index (χ2n) is 9.54. The lowest BCUT2D eigenvalue weighted by molar-refractivity contribution is -0.116. The van der Waals surface area contributed by atoms with Gasteiger partial charge in [-0.05, 0) is 67.3 Å². The van der Waals surface area contributed by atoms with Gasteiger partial charge in [0.05, 0.1) is 13.7 Å². The van der Waals surface area contributed by atoms with E-state index in [1.165, 1.54) is 0 Å². The van der Waals surface area contributed by atoms with Crippen LogP contribution in [0.25, 0.3) is 11.4 Å². The molecule has 2 aliphatic rings. The lowest BCUT2D eigenvalue weighted by Gasteiger charge is -2.32. The maximum absolute atomic E-state index is 13.3. The standard InChI is InChI=1S/C31H30N4O4/c1-3-38-27-18-22(14-17-26(27)39-19-20-8-5-4-6-9-20)29-28-24(10-7-11-25(28)36)32-31-33-30(34-35(29)31)21-12-15-23(37-2)16-13-21/h4-6,8-9,12-18,29H,3,7,10-11,19H2,1-2H3,(H,32,33,34). The lowest BCUT2D eigenvalue weighted by Crippen LogP contribution is -2.31. The Hall–Kier alpha value is -4.59. The van der Waals surface area contributed by atoms with Crippen LogP contribution in [0.5, 0.6) is 17.2 Å². The Balaban J connectivity index is 1.40. The van der Waals surface area contributed by atoms with Crippen LogP contribution in [-0.4, -0.2) is 34.3 Å². The molecule has 0 amide bonds. The molecule has 0 bridgehead atoms. The maximum atomic E-state index is 13.3. The molecule has 1 aliphatic heterocycles. The molecule has 1 unspecified atom stereocenters. The van der Waals surface area contributed by atoms with Gasteiger partial charge in [-0.1, -0.05) is 36.4 Å². The average molecular weight is 523 g/mol. The number of hydrogen-bond donors (Lipinski definition) is 1. The Bertz CT molecular complexity index is 1530. The van der Waals surface area contributed by atoms with Gasteiger partial charge in [0.1, 0.15) is 18.4 Å². The van der Waals surface area contributed by atoms with Gasteiger partial charge in [0, 0.05) is 23.3 Å². The summed E-state index contributed by atoms with van der Waals surface area (Å²) < 4.78 is 19.3. The van der Waals surface area contributed by atoms with Crippen molar-refractivity contribution in [2.45, 2.75) is 38.8 Å². The Labute approximate surface area is 227 Å².